The van der Waals surface area contributed by atoms with Crippen LogP contribution in [-0.2, 0) is 22.8 Å². The van der Waals surface area contributed by atoms with Crippen molar-refractivity contribution in [2.45, 2.75) is 50.9 Å². The van der Waals surface area contributed by atoms with Gasteiger partial charge in [0.1, 0.15) is 18.1 Å². The fourth-order valence-electron chi connectivity index (χ4n) is 3.62. The molecule has 0 bridgehead atoms. The Bertz CT molecular complexity index is 1360. The number of nitrogens with zero attached hydrogens (tertiary/aromatic N) is 1. The molecule has 3 aromatic rings. The van der Waals surface area contributed by atoms with Gasteiger partial charge >= 0.3 is 12.1 Å². The number of alkyl halides is 3. The van der Waals surface area contributed by atoms with Crippen LogP contribution in [-0.4, -0.2) is 32.1 Å². The molecule has 0 saturated heterocycles. The van der Waals surface area contributed by atoms with Gasteiger partial charge in [-0.05, 0) is 80.4 Å². The summed E-state index contributed by atoms with van der Waals surface area (Å²) in [5.74, 6) is -0.919. The molecular formula is C27H28F3NO6S. The standard InChI is InChI=1S/C27H28F3NO6S/c1-4-15-36-22-10-12-23(13-11-22)38(34,35)31(18(2)3)24-14-9-21(27(28,29)30)16-25(24)37-17-19-5-7-20(8-6-19)26(32)33/h5-14,16,18H,4,15,17H2,1-3H3,(H,32,33). The van der Waals surface area contributed by atoms with Gasteiger partial charge in [-0.1, -0.05) is 19.1 Å². The number of ether oxygens (including phenoxy) is 2. The van der Waals surface area contributed by atoms with E-state index in [2.05, 4.69) is 0 Å². The van der Waals surface area contributed by atoms with E-state index < -0.39 is 33.8 Å². The molecule has 0 aliphatic carbocycles. The molecule has 38 heavy (non-hydrogen) atoms. The highest BCUT2D eigenvalue weighted by molar-refractivity contribution is 7.92. The number of sulfonamides is 1. The van der Waals surface area contributed by atoms with Crippen molar-refractivity contribution in [2.24, 2.45) is 0 Å². The minimum Gasteiger partial charge on any atom is -0.494 e. The van der Waals surface area contributed by atoms with E-state index in [-0.39, 0.29) is 28.5 Å². The zero-order valence-electron chi connectivity index (χ0n) is 21.0. The summed E-state index contributed by atoms with van der Waals surface area (Å²) in [6.07, 6.45) is -3.91. The number of rotatable bonds is 11. The van der Waals surface area contributed by atoms with Gasteiger partial charge in [-0.25, -0.2) is 13.2 Å². The molecular weight excluding hydrogens is 523 g/mol. The first-order valence-corrected chi connectivity index (χ1v) is 13.2. The molecule has 204 valence electrons. The van der Waals surface area contributed by atoms with E-state index in [0.29, 0.717) is 17.9 Å². The summed E-state index contributed by atoms with van der Waals surface area (Å²) in [5, 5.41) is 9.06. The van der Waals surface area contributed by atoms with Gasteiger partial charge < -0.3 is 14.6 Å². The topological polar surface area (TPSA) is 93.1 Å². The Labute approximate surface area is 219 Å². The first kappa shape index (κ1) is 28.8. The van der Waals surface area contributed by atoms with Crippen LogP contribution in [0.4, 0.5) is 18.9 Å². The molecule has 0 aliphatic rings. The van der Waals surface area contributed by atoms with Gasteiger partial charge in [-0.3, -0.25) is 4.31 Å². The lowest BCUT2D eigenvalue weighted by Crippen LogP contribution is -2.37. The van der Waals surface area contributed by atoms with Crippen molar-refractivity contribution in [1.82, 2.24) is 0 Å². The van der Waals surface area contributed by atoms with E-state index in [1.54, 1.807) is 13.8 Å². The quantitative estimate of drug-likeness (QED) is 0.298. The molecule has 3 rings (SSSR count). The molecule has 0 amide bonds. The highest BCUT2D eigenvalue weighted by Gasteiger charge is 2.34. The van der Waals surface area contributed by atoms with E-state index in [1.807, 2.05) is 6.92 Å². The monoisotopic (exact) mass is 551 g/mol. The van der Waals surface area contributed by atoms with Gasteiger partial charge in [0.15, 0.2) is 0 Å². The molecule has 0 atom stereocenters. The minimum atomic E-state index is -4.68. The SMILES string of the molecule is CCCOc1ccc(S(=O)(=O)N(c2ccc(C(F)(F)F)cc2OCc2ccc(C(=O)O)cc2)C(C)C)cc1. The molecule has 0 saturated carbocycles. The third kappa shape index (κ3) is 6.77. The van der Waals surface area contributed by atoms with Crippen LogP contribution in [0, 0.1) is 0 Å². The summed E-state index contributed by atoms with van der Waals surface area (Å²) in [6.45, 7) is 5.39. The molecule has 3 aromatic carbocycles. The molecule has 0 spiro atoms. The van der Waals surface area contributed by atoms with Crippen LogP contribution in [0.1, 0.15) is 48.7 Å². The van der Waals surface area contributed by atoms with Gasteiger partial charge in [0.25, 0.3) is 10.0 Å². The molecule has 0 heterocycles. The van der Waals surface area contributed by atoms with E-state index in [4.69, 9.17) is 14.6 Å². The predicted molar refractivity (Wildman–Crippen MR) is 136 cm³/mol. The fourth-order valence-corrected chi connectivity index (χ4v) is 5.29. The highest BCUT2D eigenvalue weighted by Crippen LogP contribution is 2.40. The maximum atomic E-state index is 13.7. The van der Waals surface area contributed by atoms with Crippen LogP contribution >= 0.6 is 0 Å². The molecule has 11 heteroatoms. The fraction of sp³-hybridized carbons (Fsp3) is 0.296. The summed E-state index contributed by atoms with van der Waals surface area (Å²) in [7, 11) is -4.21. The zero-order valence-corrected chi connectivity index (χ0v) is 21.8. The largest absolute Gasteiger partial charge is 0.494 e. The highest BCUT2D eigenvalue weighted by atomic mass is 32.2. The Morgan fingerprint density at radius 3 is 2.13 bits per heavy atom. The number of anilines is 1. The van der Waals surface area contributed by atoms with Crippen molar-refractivity contribution >= 4 is 21.7 Å². The van der Waals surface area contributed by atoms with Crippen molar-refractivity contribution in [3.63, 3.8) is 0 Å². The molecule has 7 nitrogen and oxygen atoms in total. The Kier molecular flexibility index (Phi) is 8.93. The summed E-state index contributed by atoms with van der Waals surface area (Å²) >= 11 is 0. The number of carboxylic acid groups (broad SMARTS) is 1. The average Bonchev–Trinajstić information content (AvgIpc) is 2.86. The number of hydrogen-bond acceptors (Lipinski definition) is 5. The van der Waals surface area contributed by atoms with Crippen LogP contribution in [0.2, 0.25) is 0 Å². The Hall–Kier alpha value is -3.73. The van der Waals surface area contributed by atoms with Gasteiger partial charge in [-0.15, -0.1) is 0 Å². The van der Waals surface area contributed by atoms with Crippen molar-refractivity contribution in [1.29, 1.82) is 0 Å². The van der Waals surface area contributed by atoms with Gasteiger partial charge in [0, 0.05) is 6.04 Å². The first-order valence-electron chi connectivity index (χ1n) is 11.8. The van der Waals surface area contributed by atoms with Crippen LogP contribution in [0.5, 0.6) is 11.5 Å². The zero-order chi connectivity index (χ0) is 28.1. The van der Waals surface area contributed by atoms with E-state index in [1.165, 1.54) is 48.5 Å². The second-order valence-electron chi connectivity index (χ2n) is 8.69. The average molecular weight is 552 g/mol. The van der Waals surface area contributed by atoms with Gasteiger partial charge in [-0.2, -0.15) is 13.2 Å². The molecule has 0 aliphatic heterocycles. The van der Waals surface area contributed by atoms with E-state index in [9.17, 15) is 26.4 Å². The summed E-state index contributed by atoms with van der Waals surface area (Å²) in [6, 6.07) is 13.4. The van der Waals surface area contributed by atoms with Gasteiger partial charge in [0.2, 0.25) is 0 Å². The molecule has 0 radical (unpaired) electrons. The lowest BCUT2D eigenvalue weighted by molar-refractivity contribution is -0.137. The summed E-state index contributed by atoms with van der Waals surface area (Å²) < 4.78 is 80.1. The Morgan fingerprint density at radius 2 is 1.61 bits per heavy atom. The summed E-state index contributed by atoms with van der Waals surface area (Å²) in [4.78, 5) is 11.0. The number of hydrogen-bond donors (Lipinski definition) is 1. The third-order valence-corrected chi connectivity index (χ3v) is 7.45. The second-order valence-corrected chi connectivity index (χ2v) is 10.5. The molecule has 1 N–H and O–H groups in total. The number of carboxylic acids is 1. The van der Waals surface area contributed by atoms with Gasteiger partial charge in [0.05, 0.1) is 28.3 Å². The maximum absolute atomic E-state index is 13.7. The second kappa shape index (κ2) is 11.8. The number of aromatic carboxylic acids is 1. The van der Waals surface area contributed by atoms with Crippen LogP contribution in [0.3, 0.4) is 0 Å². The van der Waals surface area contributed by atoms with E-state index in [0.717, 1.165) is 28.9 Å². The maximum Gasteiger partial charge on any atom is 0.416 e. The summed E-state index contributed by atoms with van der Waals surface area (Å²) in [5.41, 5.74) is -0.547. The number of halogens is 3. The third-order valence-electron chi connectivity index (χ3n) is 5.44. The van der Waals surface area contributed by atoms with Crippen molar-refractivity contribution < 1.29 is 41.0 Å². The Balaban J connectivity index is 2.02. The normalized spacial score (nSPS) is 11.9. The number of benzene rings is 3. The molecule has 0 unspecified atom stereocenters. The van der Waals surface area contributed by atoms with Crippen LogP contribution < -0.4 is 13.8 Å². The smallest absolute Gasteiger partial charge is 0.416 e. The van der Waals surface area contributed by atoms with Crippen molar-refractivity contribution in [3.05, 3.63) is 83.4 Å². The van der Waals surface area contributed by atoms with Crippen LogP contribution in [0.25, 0.3) is 0 Å². The number of carbonyl (C=O) groups is 1. The molecule has 0 aromatic heterocycles. The first-order chi connectivity index (χ1) is 17.8. The van der Waals surface area contributed by atoms with Crippen LogP contribution in [0.15, 0.2) is 71.6 Å². The minimum absolute atomic E-state index is 0.0386. The lowest BCUT2D eigenvalue weighted by Gasteiger charge is -2.30. The van der Waals surface area contributed by atoms with E-state index >= 15 is 0 Å². The Morgan fingerprint density at radius 1 is 0.974 bits per heavy atom. The van der Waals surface area contributed by atoms with Crippen molar-refractivity contribution in [2.75, 3.05) is 10.9 Å². The van der Waals surface area contributed by atoms with Crippen molar-refractivity contribution in [3.8, 4) is 11.5 Å². The predicted octanol–water partition coefficient (Wildman–Crippen LogP) is 6.38. The molecule has 0 fully saturated rings. The lowest BCUT2D eigenvalue weighted by atomic mass is 10.1.